The van der Waals surface area contributed by atoms with Crippen molar-refractivity contribution in [1.29, 1.82) is 0 Å². The van der Waals surface area contributed by atoms with Crippen molar-refractivity contribution in [2.24, 2.45) is 0 Å². The van der Waals surface area contributed by atoms with Crippen LogP contribution in [0.2, 0.25) is 5.02 Å². The van der Waals surface area contributed by atoms with Gasteiger partial charge < -0.3 is 14.8 Å². The number of esters is 2. The Labute approximate surface area is 216 Å². The van der Waals surface area contributed by atoms with Crippen LogP contribution in [0.5, 0.6) is 5.75 Å². The summed E-state index contributed by atoms with van der Waals surface area (Å²) in [5.41, 5.74) is 4.30. The fourth-order valence-electron chi connectivity index (χ4n) is 4.84. The molecule has 0 unspecified atom stereocenters. The molecule has 1 N–H and O–H groups in total. The highest BCUT2D eigenvalue weighted by molar-refractivity contribution is 6.30. The number of dihydropyridines is 1. The van der Waals surface area contributed by atoms with Gasteiger partial charge in [0.1, 0.15) is 5.75 Å². The standard InChI is InChI=1S/C29H30ClNO5/c1-5-16(2)35-29(34)26-17(3)31-24-14-21(19-6-10-22(30)11-7-19)15-25(33)28(24)27(26)20-8-12-23(13-9-20)36-18(4)32/h6-13,16,21,27,31H,5,14-15H2,1-4H3/t16-,21+,27-/m1/s1. The number of hydrogen-bond donors (Lipinski definition) is 1. The highest BCUT2D eigenvalue weighted by atomic mass is 35.5. The molecule has 0 saturated carbocycles. The average Bonchev–Trinajstić information content (AvgIpc) is 2.83. The molecular weight excluding hydrogens is 478 g/mol. The molecule has 2 aliphatic rings. The average molecular weight is 508 g/mol. The maximum atomic E-state index is 13.7. The second kappa shape index (κ2) is 10.7. The molecule has 0 bridgehead atoms. The number of halogens is 1. The van der Waals surface area contributed by atoms with Crippen molar-refractivity contribution < 1.29 is 23.9 Å². The van der Waals surface area contributed by atoms with Gasteiger partial charge in [0.25, 0.3) is 0 Å². The monoisotopic (exact) mass is 507 g/mol. The predicted molar refractivity (Wildman–Crippen MR) is 138 cm³/mol. The Morgan fingerprint density at radius 3 is 2.31 bits per heavy atom. The first kappa shape index (κ1) is 25.7. The van der Waals surface area contributed by atoms with E-state index in [9.17, 15) is 14.4 Å². The zero-order valence-corrected chi connectivity index (χ0v) is 21.6. The van der Waals surface area contributed by atoms with Gasteiger partial charge in [0, 0.05) is 41.3 Å². The predicted octanol–water partition coefficient (Wildman–Crippen LogP) is 5.97. The molecule has 3 atom stereocenters. The van der Waals surface area contributed by atoms with Gasteiger partial charge in [-0.1, -0.05) is 42.8 Å². The SMILES string of the molecule is CC[C@@H](C)OC(=O)C1=C(C)NC2=C(C(=O)C[C@@H](c3ccc(Cl)cc3)C2)[C@@H]1c1ccc(OC(C)=O)cc1. The quantitative estimate of drug-likeness (QED) is 0.383. The van der Waals surface area contributed by atoms with Crippen LogP contribution in [0.25, 0.3) is 0 Å². The van der Waals surface area contributed by atoms with Gasteiger partial charge >= 0.3 is 11.9 Å². The normalized spacial score (nSPS) is 20.4. The van der Waals surface area contributed by atoms with Gasteiger partial charge in [-0.25, -0.2) is 4.79 Å². The first-order valence-electron chi connectivity index (χ1n) is 12.2. The van der Waals surface area contributed by atoms with Crippen molar-refractivity contribution >= 4 is 29.3 Å². The summed E-state index contributed by atoms with van der Waals surface area (Å²) < 4.78 is 10.9. The van der Waals surface area contributed by atoms with E-state index in [4.69, 9.17) is 21.1 Å². The number of hydrogen-bond acceptors (Lipinski definition) is 6. The van der Waals surface area contributed by atoms with Crippen molar-refractivity contribution in [1.82, 2.24) is 5.32 Å². The zero-order chi connectivity index (χ0) is 26.0. The van der Waals surface area contributed by atoms with Crippen LogP contribution in [0.15, 0.2) is 71.1 Å². The Bertz CT molecular complexity index is 1240. The number of carbonyl (C=O) groups is 3. The fourth-order valence-corrected chi connectivity index (χ4v) is 4.96. The number of nitrogens with one attached hydrogen (secondary N) is 1. The van der Waals surface area contributed by atoms with Gasteiger partial charge in [-0.15, -0.1) is 0 Å². The first-order chi connectivity index (χ1) is 17.2. The van der Waals surface area contributed by atoms with Gasteiger partial charge in [0.05, 0.1) is 11.7 Å². The van der Waals surface area contributed by atoms with Crippen LogP contribution in [0, 0.1) is 0 Å². The van der Waals surface area contributed by atoms with Gasteiger partial charge in [-0.2, -0.15) is 0 Å². The maximum Gasteiger partial charge on any atom is 0.337 e. The summed E-state index contributed by atoms with van der Waals surface area (Å²) in [6.07, 6.45) is 1.40. The number of rotatable bonds is 6. The summed E-state index contributed by atoms with van der Waals surface area (Å²) in [5, 5.41) is 4.01. The number of allylic oxidation sites excluding steroid dienone is 3. The van der Waals surface area contributed by atoms with E-state index in [1.165, 1.54) is 6.92 Å². The number of Topliss-reactive ketones (excluding diaryl/α,β-unsaturated/α-hetero) is 1. The summed E-state index contributed by atoms with van der Waals surface area (Å²) in [4.78, 5) is 38.4. The van der Waals surface area contributed by atoms with Crippen LogP contribution in [0.3, 0.4) is 0 Å². The van der Waals surface area contributed by atoms with E-state index in [1.807, 2.05) is 45.0 Å². The minimum atomic E-state index is -0.581. The molecule has 0 amide bonds. The van der Waals surface area contributed by atoms with Crippen molar-refractivity contribution in [3.63, 3.8) is 0 Å². The molecule has 1 aliphatic carbocycles. The summed E-state index contributed by atoms with van der Waals surface area (Å²) in [7, 11) is 0. The van der Waals surface area contributed by atoms with Crippen LogP contribution in [-0.4, -0.2) is 23.8 Å². The van der Waals surface area contributed by atoms with Crippen molar-refractivity contribution in [3.05, 3.63) is 87.2 Å². The molecule has 36 heavy (non-hydrogen) atoms. The van der Waals surface area contributed by atoms with E-state index < -0.39 is 17.9 Å². The third-order valence-electron chi connectivity index (χ3n) is 6.75. The lowest BCUT2D eigenvalue weighted by atomic mass is 9.71. The number of benzene rings is 2. The molecule has 6 nitrogen and oxygen atoms in total. The van der Waals surface area contributed by atoms with E-state index in [0.29, 0.717) is 46.9 Å². The third-order valence-corrected chi connectivity index (χ3v) is 7.00. The topological polar surface area (TPSA) is 81.7 Å². The van der Waals surface area contributed by atoms with Gasteiger partial charge in [0.2, 0.25) is 0 Å². The minimum Gasteiger partial charge on any atom is -0.459 e. The molecule has 188 valence electrons. The lowest BCUT2D eigenvalue weighted by Crippen LogP contribution is -2.36. The van der Waals surface area contributed by atoms with Crippen molar-refractivity contribution in [2.45, 2.75) is 64.9 Å². The smallest absolute Gasteiger partial charge is 0.337 e. The van der Waals surface area contributed by atoms with Crippen LogP contribution >= 0.6 is 11.6 Å². The van der Waals surface area contributed by atoms with Crippen LogP contribution in [0.4, 0.5) is 0 Å². The molecule has 2 aromatic carbocycles. The number of carbonyl (C=O) groups excluding carboxylic acids is 3. The molecule has 0 fully saturated rings. The van der Waals surface area contributed by atoms with E-state index >= 15 is 0 Å². The molecule has 0 radical (unpaired) electrons. The molecule has 7 heteroatoms. The molecule has 0 saturated heterocycles. The Kier molecular flexibility index (Phi) is 7.65. The lowest BCUT2D eigenvalue weighted by Gasteiger charge is -2.37. The number of ether oxygens (including phenoxy) is 2. The first-order valence-corrected chi connectivity index (χ1v) is 12.5. The Balaban J connectivity index is 1.76. The van der Waals surface area contributed by atoms with Crippen LogP contribution in [-0.2, 0) is 19.1 Å². The van der Waals surface area contributed by atoms with E-state index in [2.05, 4.69) is 5.32 Å². The Morgan fingerprint density at radius 1 is 1.06 bits per heavy atom. The van der Waals surface area contributed by atoms with E-state index in [-0.39, 0.29) is 17.8 Å². The maximum absolute atomic E-state index is 13.7. The lowest BCUT2D eigenvalue weighted by molar-refractivity contribution is -0.144. The summed E-state index contributed by atoms with van der Waals surface area (Å²) >= 11 is 6.06. The molecule has 1 aliphatic heterocycles. The molecule has 4 rings (SSSR count). The van der Waals surface area contributed by atoms with E-state index in [0.717, 1.165) is 16.8 Å². The third kappa shape index (κ3) is 5.39. The molecule has 0 spiro atoms. The second-order valence-electron chi connectivity index (χ2n) is 9.36. The fraction of sp³-hybridized carbons (Fsp3) is 0.345. The van der Waals surface area contributed by atoms with Gasteiger partial charge in [-0.3, -0.25) is 9.59 Å². The second-order valence-corrected chi connectivity index (χ2v) is 9.79. The molecule has 2 aromatic rings. The summed E-state index contributed by atoms with van der Waals surface area (Å²) in [5.74, 6) is -1.05. The molecule has 0 aromatic heterocycles. The van der Waals surface area contributed by atoms with Crippen molar-refractivity contribution in [3.8, 4) is 5.75 Å². The Morgan fingerprint density at radius 2 is 1.69 bits per heavy atom. The minimum absolute atomic E-state index is 0.00873. The van der Waals surface area contributed by atoms with Crippen LogP contribution in [0.1, 0.15) is 69.9 Å². The molecular formula is C29H30ClNO5. The van der Waals surface area contributed by atoms with E-state index in [1.54, 1.807) is 24.3 Å². The molecule has 1 heterocycles. The van der Waals surface area contributed by atoms with Crippen LogP contribution < -0.4 is 10.1 Å². The zero-order valence-electron chi connectivity index (χ0n) is 20.9. The largest absolute Gasteiger partial charge is 0.459 e. The highest BCUT2D eigenvalue weighted by Crippen LogP contribution is 2.46. The Hall–Kier alpha value is -3.38. The summed E-state index contributed by atoms with van der Waals surface area (Å²) in [6.45, 7) is 6.98. The highest BCUT2D eigenvalue weighted by Gasteiger charge is 2.41. The summed E-state index contributed by atoms with van der Waals surface area (Å²) in [6, 6.07) is 14.5. The number of ketones is 1. The van der Waals surface area contributed by atoms with Crippen molar-refractivity contribution in [2.75, 3.05) is 0 Å². The van der Waals surface area contributed by atoms with Gasteiger partial charge in [0.15, 0.2) is 5.78 Å². The van der Waals surface area contributed by atoms with Gasteiger partial charge in [-0.05, 0) is 68.0 Å².